The molecular formula is C13H16O2. The second kappa shape index (κ2) is 4.47. The first-order valence-corrected chi connectivity index (χ1v) is 5.51. The Labute approximate surface area is 90.3 Å². The molecule has 0 saturated heterocycles. The van der Waals surface area contributed by atoms with E-state index in [0.717, 1.165) is 31.3 Å². The van der Waals surface area contributed by atoms with Crippen molar-refractivity contribution in [3.8, 4) is 5.75 Å². The van der Waals surface area contributed by atoms with Crippen LogP contribution < -0.4 is 4.74 Å². The summed E-state index contributed by atoms with van der Waals surface area (Å²) in [6, 6.07) is 6.36. The molecule has 0 fully saturated rings. The van der Waals surface area contributed by atoms with Gasteiger partial charge in [-0.1, -0.05) is 12.1 Å². The monoisotopic (exact) mass is 204 g/mol. The van der Waals surface area contributed by atoms with Crippen LogP contribution in [0, 0.1) is 0 Å². The van der Waals surface area contributed by atoms with Crippen LogP contribution in [0.15, 0.2) is 18.2 Å². The first-order chi connectivity index (χ1) is 7.29. The van der Waals surface area contributed by atoms with Gasteiger partial charge in [0.2, 0.25) is 0 Å². The molecule has 0 saturated carbocycles. The second-order valence-electron chi connectivity index (χ2n) is 4.13. The summed E-state index contributed by atoms with van der Waals surface area (Å²) in [5.41, 5.74) is 2.62. The van der Waals surface area contributed by atoms with E-state index in [9.17, 15) is 4.79 Å². The molecule has 0 bridgehead atoms. The van der Waals surface area contributed by atoms with Gasteiger partial charge >= 0.3 is 0 Å². The van der Waals surface area contributed by atoms with Gasteiger partial charge < -0.3 is 9.53 Å². The molecule has 0 aromatic heterocycles. The van der Waals surface area contributed by atoms with E-state index in [2.05, 4.69) is 25.1 Å². The average molecular weight is 204 g/mol. The van der Waals surface area contributed by atoms with Crippen LogP contribution >= 0.6 is 0 Å². The Morgan fingerprint density at radius 3 is 3.20 bits per heavy atom. The van der Waals surface area contributed by atoms with E-state index in [1.165, 1.54) is 11.1 Å². The molecule has 1 aliphatic rings. The molecule has 0 aliphatic carbocycles. The number of aryl methyl sites for hydroxylation is 1. The highest BCUT2D eigenvalue weighted by atomic mass is 16.5. The van der Waals surface area contributed by atoms with E-state index in [0.29, 0.717) is 12.5 Å². The Bertz CT molecular complexity index is 358. The molecule has 0 amide bonds. The maximum absolute atomic E-state index is 10.2. The highest BCUT2D eigenvalue weighted by molar-refractivity contribution is 5.49. The molecule has 2 nitrogen and oxygen atoms in total. The third-order valence-corrected chi connectivity index (χ3v) is 2.75. The van der Waals surface area contributed by atoms with Crippen molar-refractivity contribution in [2.24, 2.45) is 0 Å². The van der Waals surface area contributed by atoms with Gasteiger partial charge in [-0.2, -0.15) is 0 Å². The molecule has 15 heavy (non-hydrogen) atoms. The molecule has 1 heterocycles. The maximum atomic E-state index is 10.2. The summed E-state index contributed by atoms with van der Waals surface area (Å²) in [5, 5.41) is 0. The molecule has 1 atom stereocenters. The first kappa shape index (κ1) is 10.2. The molecule has 2 rings (SSSR count). The molecule has 0 N–H and O–H groups in total. The predicted octanol–water partition coefficient (Wildman–Crippen LogP) is 2.53. The zero-order chi connectivity index (χ0) is 10.7. The first-order valence-electron chi connectivity index (χ1n) is 5.51. The van der Waals surface area contributed by atoms with E-state index in [1.807, 2.05) is 0 Å². The Morgan fingerprint density at radius 1 is 1.53 bits per heavy atom. The van der Waals surface area contributed by atoms with Crippen LogP contribution in [-0.2, 0) is 17.6 Å². The van der Waals surface area contributed by atoms with Crippen molar-refractivity contribution >= 4 is 6.29 Å². The lowest BCUT2D eigenvalue weighted by atomic mass is 10.0. The van der Waals surface area contributed by atoms with E-state index in [4.69, 9.17) is 4.74 Å². The van der Waals surface area contributed by atoms with Gasteiger partial charge in [-0.15, -0.1) is 0 Å². The molecule has 1 aromatic carbocycles. The molecule has 2 heteroatoms. The fourth-order valence-electron chi connectivity index (χ4n) is 2.02. The summed E-state index contributed by atoms with van der Waals surface area (Å²) >= 11 is 0. The van der Waals surface area contributed by atoms with Crippen molar-refractivity contribution in [2.75, 3.05) is 0 Å². The minimum Gasteiger partial charge on any atom is -0.490 e. The second-order valence-corrected chi connectivity index (χ2v) is 4.13. The van der Waals surface area contributed by atoms with Crippen LogP contribution in [0.4, 0.5) is 0 Å². The Kier molecular flexibility index (Phi) is 3.05. The van der Waals surface area contributed by atoms with E-state index in [-0.39, 0.29) is 0 Å². The summed E-state index contributed by atoms with van der Waals surface area (Å²) in [7, 11) is 0. The number of rotatable bonds is 4. The number of carbonyl (C=O) groups is 1. The SMILES string of the molecule is CC1Cc2cc(CCCC=O)ccc2O1. The lowest BCUT2D eigenvalue weighted by molar-refractivity contribution is -0.107. The topological polar surface area (TPSA) is 26.3 Å². The van der Waals surface area contributed by atoms with Crippen LogP contribution in [0.3, 0.4) is 0 Å². The minimum atomic E-state index is 0.310. The minimum absolute atomic E-state index is 0.310. The van der Waals surface area contributed by atoms with Crippen LogP contribution in [0.2, 0.25) is 0 Å². The number of hydrogen-bond acceptors (Lipinski definition) is 2. The molecule has 1 unspecified atom stereocenters. The third-order valence-electron chi connectivity index (χ3n) is 2.75. The maximum Gasteiger partial charge on any atom is 0.123 e. The van der Waals surface area contributed by atoms with Crippen LogP contribution in [0.5, 0.6) is 5.75 Å². The number of aldehydes is 1. The number of fused-ring (bicyclic) bond motifs is 1. The third kappa shape index (κ3) is 2.38. The lowest BCUT2D eigenvalue weighted by Gasteiger charge is -2.03. The van der Waals surface area contributed by atoms with E-state index < -0.39 is 0 Å². The fraction of sp³-hybridized carbons (Fsp3) is 0.462. The summed E-state index contributed by atoms with van der Waals surface area (Å²) < 4.78 is 5.63. The van der Waals surface area contributed by atoms with Gasteiger partial charge in [0, 0.05) is 12.8 Å². The number of carbonyl (C=O) groups excluding carboxylic acids is 1. The smallest absolute Gasteiger partial charge is 0.123 e. The van der Waals surface area contributed by atoms with Crippen molar-refractivity contribution in [1.82, 2.24) is 0 Å². The van der Waals surface area contributed by atoms with Crippen molar-refractivity contribution in [3.05, 3.63) is 29.3 Å². The molecular weight excluding hydrogens is 188 g/mol. The van der Waals surface area contributed by atoms with Gasteiger partial charge in [0.25, 0.3) is 0 Å². The fourth-order valence-corrected chi connectivity index (χ4v) is 2.02. The summed E-state index contributed by atoms with van der Waals surface area (Å²) in [4.78, 5) is 10.2. The molecule has 0 spiro atoms. The predicted molar refractivity (Wildman–Crippen MR) is 59.2 cm³/mol. The molecule has 1 aliphatic heterocycles. The van der Waals surface area contributed by atoms with Gasteiger partial charge in [0.05, 0.1) is 0 Å². The molecule has 0 radical (unpaired) electrons. The number of ether oxygens (including phenoxy) is 1. The van der Waals surface area contributed by atoms with Crippen LogP contribution in [0.1, 0.15) is 30.9 Å². The summed E-state index contributed by atoms with van der Waals surface area (Å²) in [6.45, 7) is 2.09. The zero-order valence-corrected chi connectivity index (χ0v) is 9.03. The number of unbranched alkanes of at least 4 members (excludes halogenated alkanes) is 1. The lowest BCUT2D eigenvalue weighted by Crippen LogP contribution is -2.05. The van der Waals surface area contributed by atoms with Gasteiger partial charge in [0.1, 0.15) is 18.1 Å². The summed E-state index contributed by atoms with van der Waals surface area (Å²) in [5.74, 6) is 1.03. The molecule has 1 aromatic rings. The quantitative estimate of drug-likeness (QED) is 0.556. The largest absolute Gasteiger partial charge is 0.490 e. The normalized spacial score (nSPS) is 18.3. The van der Waals surface area contributed by atoms with E-state index in [1.54, 1.807) is 0 Å². The van der Waals surface area contributed by atoms with Gasteiger partial charge in [-0.05, 0) is 37.0 Å². The average Bonchev–Trinajstić information content (AvgIpc) is 2.57. The zero-order valence-electron chi connectivity index (χ0n) is 9.03. The highest BCUT2D eigenvalue weighted by Crippen LogP contribution is 2.29. The van der Waals surface area contributed by atoms with Crippen molar-refractivity contribution in [3.63, 3.8) is 0 Å². The molecule has 80 valence electrons. The highest BCUT2D eigenvalue weighted by Gasteiger charge is 2.18. The Hall–Kier alpha value is -1.31. The van der Waals surface area contributed by atoms with Crippen LogP contribution in [0.25, 0.3) is 0 Å². The Balaban J connectivity index is 2.03. The van der Waals surface area contributed by atoms with Crippen LogP contribution in [-0.4, -0.2) is 12.4 Å². The van der Waals surface area contributed by atoms with Gasteiger partial charge in [-0.25, -0.2) is 0 Å². The van der Waals surface area contributed by atoms with Crippen molar-refractivity contribution in [1.29, 1.82) is 0 Å². The number of benzene rings is 1. The van der Waals surface area contributed by atoms with Gasteiger partial charge in [-0.3, -0.25) is 0 Å². The Morgan fingerprint density at radius 2 is 2.40 bits per heavy atom. The van der Waals surface area contributed by atoms with Crippen molar-refractivity contribution in [2.45, 2.75) is 38.7 Å². The number of hydrogen-bond donors (Lipinski definition) is 0. The summed E-state index contributed by atoms with van der Waals surface area (Å²) in [6.07, 6.45) is 4.89. The van der Waals surface area contributed by atoms with Gasteiger partial charge in [0.15, 0.2) is 0 Å². The van der Waals surface area contributed by atoms with E-state index >= 15 is 0 Å². The standard InChI is InChI=1S/C13H16O2/c1-10-8-12-9-11(4-2-3-7-14)5-6-13(12)15-10/h5-7,9-10H,2-4,8H2,1H3. The van der Waals surface area contributed by atoms with Crippen molar-refractivity contribution < 1.29 is 9.53 Å².